The molecule has 37 heavy (non-hydrogen) atoms. The molecule has 0 aliphatic carbocycles. The molecule has 206 valence electrons. The number of nitrogens with one attached hydrogen (secondary N) is 1. The van der Waals surface area contributed by atoms with Crippen LogP contribution >= 0.6 is 11.6 Å². The highest BCUT2D eigenvalue weighted by molar-refractivity contribution is 6.33. The van der Waals surface area contributed by atoms with Crippen molar-refractivity contribution in [2.45, 2.75) is 63.2 Å². The Morgan fingerprint density at radius 2 is 1.84 bits per heavy atom. The summed E-state index contributed by atoms with van der Waals surface area (Å²) in [5.74, 6) is 0.637. The lowest BCUT2D eigenvalue weighted by molar-refractivity contribution is -0.158. The average molecular weight is 537 g/mol. The number of piperidine rings is 4. The van der Waals surface area contributed by atoms with Gasteiger partial charge >= 0.3 is 5.97 Å². The van der Waals surface area contributed by atoms with Crippen LogP contribution in [0.2, 0.25) is 5.02 Å². The number of benzene rings is 1. The van der Waals surface area contributed by atoms with Crippen LogP contribution < -0.4 is 15.8 Å². The highest BCUT2D eigenvalue weighted by Gasteiger charge is 2.36. The topological polar surface area (TPSA) is 106 Å². The zero-order valence-electron chi connectivity index (χ0n) is 22.0. The standard InChI is InChI=1S/C27H41ClN4O5/c1-35-23-15-21(29)20(28)14-19(23)27(34)30-22-9-13-31(17-25(22)36-2)10-5-3-4-6-26(33)37-24-16-32-11-7-18(24)8-12-32/h14-15,18,22,24-25H,3-13,16-17,29H2,1-2H3,(H,30,34)/t22-,24+,25?/m1/s1. The van der Waals surface area contributed by atoms with Gasteiger partial charge in [0.2, 0.25) is 0 Å². The molecule has 0 aromatic heterocycles. The summed E-state index contributed by atoms with van der Waals surface area (Å²) in [6.45, 7) is 5.76. The molecule has 0 radical (unpaired) electrons. The van der Waals surface area contributed by atoms with Gasteiger partial charge in [-0.3, -0.25) is 14.5 Å². The number of hydrogen-bond donors (Lipinski definition) is 2. The van der Waals surface area contributed by atoms with Crippen molar-refractivity contribution in [2.75, 3.05) is 59.2 Å². The van der Waals surface area contributed by atoms with Gasteiger partial charge in [-0.2, -0.15) is 0 Å². The first kappa shape index (κ1) is 28.0. The molecule has 10 heteroatoms. The fourth-order valence-corrected chi connectivity index (χ4v) is 5.97. The summed E-state index contributed by atoms with van der Waals surface area (Å²) >= 11 is 6.13. The lowest BCUT2D eigenvalue weighted by Gasteiger charge is -2.43. The summed E-state index contributed by atoms with van der Waals surface area (Å²) in [6.07, 6.45) is 6.42. The van der Waals surface area contributed by atoms with Gasteiger partial charge in [-0.1, -0.05) is 18.0 Å². The predicted molar refractivity (Wildman–Crippen MR) is 143 cm³/mol. The van der Waals surface area contributed by atoms with Crippen molar-refractivity contribution in [3.8, 4) is 5.75 Å². The quantitative estimate of drug-likeness (QED) is 0.252. The van der Waals surface area contributed by atoms with Crippen LogP contribution in [0.15, 0.2) is 12.1 Å². The van der Waals surface area contributed by atoms with E-state index in [0.717, 1.165) is 77.8 Å². The molecule has 0 spiro atoms. The first-order chi connectivity index (χ1) is 17.9. The van der Waals surface area contributed by atoms with Crippen molar-refractivity contribution in [2.24, 2.45) is 5.92 Å². The number of esters is 1. The van der Waals surface area contributed by atoms with E-state index < -0.39 is 0 Å². The number of anilines is 1. The van der Waals surface area contributed by atoms with Gasteiger partial charge in [-0.25, -0.2) is 0 Å². The zero-order valence-corrected chi connectivity index (χ0v) is 22.8. The molecule has 4 aliphatic rings. The monoisotopic (exact) mass is 536 g/mol. The van der Waals surface area contributed by atoms with E-state index in [2.05, 4.69) is 15.1 Å². The summed E-state index contributed by atoms with van der Waals surface area (Å²) < 4.78 is 16.8. The minimum absolute atomic E-state index is 0.0474. The Kier molecular flexibility index (Phi) is 9.92. The second-order valence-corrected chi connectivity index (χ2v) is 10.9. The molecule has 2 bridgehead atoms. The lowest BCUT2D eigenvalue weighted by Crippen LogP contribution is -2.54. The van der Waals surface area contributed by atoms with E-state index in [1.807, 2.05) is 0 Å². The first-order valence-corrected chi connectivity index (χ1v) is 13.9. The van der Waals surface area contributed by atoms with Crippen LogP contribution in [-0.4, -0.2) is 93.4 Å². The van der Waals surface area contributed by atoms with E-state index in [1.165, 1.54) is 13.2 Å². The SMILES string of the molecule is COc1cc(N)c(Cl)cc1C(=O)N[C@@H]1CCN(CCCCCC(=O)O[C@H]2CN3CCC2CC3)CC1OC. The zero-order chi connectivity index (χ0) is 26.4. The number of carbonyl (C=O) groups excluding carboxylic acids is 2. The molecule has 0 saturated carbocycles. The Bertz CT molecular complexity index is 940. The Morgan fingerprint density at radius 1 is 1.05 bits per heavy atom. The number of rotatable bonds is 11. The molecule has 4 saturated heterocycles. The third kappa shape index (κ3) is 7.28. The van der Waals surface area contributed by atoms with E-state index in [1.54, 1.807) is 13.2 Å². The Labute approximate surface area is 224 Å². The fourth-order valence-electron chi connectivity index (χ4n) is 5.80. The number of likely N-dealkylation sites (tertiary alicyclic amines) is 1. The van der Waals surface area contributed by atoms with Gasteiger partial charge in [0.25, 0.3) is 5.91 Å². The van der Waals surface area contributed by atoms with Gasteiger partial charge in [-0.15, -0.1) is 0 Å². The first-order valence-electron chi connectivity index (χ1n) is 13.5. The number of hydrogen-bond acceptors (Lipinski definition) is 8. The van der Waals surface area contributed by atoms with Crippen LogP contribution in [0, 0.1) is 5.92 Å². The van der Waals surface area contributed by atoms with Crippen LogP contribution in [0.25, 0.3) is 0 Å². The van der Waals surface area contributed by atoms with Crippen LogP contribution in [0.4, 0.5) is 5.69 Å². The largest absolute Gasteiger partial charge is 0.496 e. The summed E-state index contributed by atoms with van der Waals surface area (Å²) in [4.78, 5) is 30.0. The fraction of sp³-hybridized carbons (Fsp3) is 0.704. The summed E-state index contributed by atoms with van der Waals surface area (Å²) in [5, 5.41) is 3.40. The lowest BCUT2D eigenvalue weighted by atomic mass is 9.86. The average Bonchev–Trinajstić information content (AvgIpc) is 2.91. The maximum Gasteiger partial charge on any atom is 0.306 e. The van der Waals surface area contributed by atoms with Crippen molar-refractivity contribution >= 4 is 29.2 Å². The molecular weight excluding hydrogens is 496 g/mol. The Hall–Kier alpha value is -2.07. The summed E-state index contributed by atoms with van der Waals surface area (Å²) in [5.41, 5.74) is 6.56. The van der Waals surface area contributed by atoms with E-state index in [4.69, 9.17) is 31.5 Å². The number of ether oxygens (including phenoxy) is 3. The van der Waals surface area contributed by atoms with Crippen molar-refractivity contribution in [3.63, 3.8) is 0 Å². The third-order valence-corrected chi connectivity index (χ3v) is 8.39. The number of nitrogens with two attached hydrogens (primary N) is 1. The van der Waals surface area contributed by atoms with Crippen LogP contribution in [0.5, 0.6) is 5.75 Å². The Balaban J connectivity index is 1.15. The molecule has 3 atom stereocenters. The van der Waals surface area contributed by atoms with Gasteiger partial charge in [0, 0.05) is 39.2 Å². The number of amides is 1. The molecule has 1 aromatic rings. The van der Waals surface area contributed by atoms with Gasteiger partial charge in [0.1, 0.15) is 11.9 Å². The van der Waals surface area contributed by atoms with Crippen LogP contribution in [0.3, 0.4) is 0 Å². The maximum absolute atomic E-state index is 13.0. The molecule has 3 N–H and O–H groups in total. The molecule has 4 fully saturated rings. The maximum atomic E-state index is 13.0. The highest BCUT2D eigenvalue weighted by atomic mass is 35.5. The molecule has 4 aliphatic heterocycles. The second-order valence-electron chi connectivity index (χ2n) is 10.5. The van der Waals surface area contributed by atoms with Crippen LogP contribution in [0.1, 0.15) is 55.3 Å². The number of methoxy groups -OCH3 is 2. The predicted octanol–water partition coefficient (Wildman–Crippen LogP) is 2.95. The molecule has 4 heterocycles. The van der Waals surface area contributed by atoms with Gasteiger partial charge in [0.15, 0.2) is 0 Å². The molecule has 1 aromatic carbocycles. The smallest absolute Gasteiger partial charge is 0.306 e. The van der Waals surface area contributed by atoms with Crippen molar-refractivity contribution in [3.05, 3.63) is 22.7 Å². The number of nitrogens with zero attached hydrogens (tertiary/aromatic N) is 2. The van der Waals surface area contributed by atoms with Crippen LogP contribution in [-0.2, 0) is 14.3 Å². The molecule has 5 rings (SSSR count). The third-order valence-electron chi connectivity index (χ3n) is 8.06. The van der Waals surface area contributed by atoms with Crippen molar-refractivity contribution in [1.82, 2.24) is 15.1 Å². The van der Waals surface area contributed by atoms with Gasteiger partial charge in [-0.05, 0) is 63.7 Å². The normalized spacial score (nSPS) is 27.6. The summed E-state index contributed by atoms with van der Waals surface area (Å²) in [6, 6.07) is 2.98. The van der Waals surface area contributed by atoms with Crippen molar-refractivity contribution in [1.29, 1.82) is 0 Å². The molecule has 9 nitrogen and oxygen atoms in total. The van der Waals surface area contributed by atoms with E-state index >= 15 is 0 Å². The van der Waals surface area contributed by atoms with E-state index in [9.17, 15) is 9.59 Å². The number of nitrogen functional groups attached to an aromatic ring is 1. The van der Waals surface area contributed by atoms with Gasteiger partial charge < -0.3 is 30.2 Å². The number of fused-ring (bicyclic) bond motifs is 3. The minimum atomic E-state index is -0.260. The number of halogens is 1. The minimum Gasteiger partial charge on any atom is -0.496 e. The second kappa shape index (κ2) is 13.1. The van der Waals surface area contributed by atoms with E-state index in [0.29, 0.717) is 34.4 Å². The van der Waals surface area contributed by atoms with E-state index in [-0.39, 0.29) is 30.1 Å². The summed E-state index contributed by atoms with van der Waals surface area (Å²) in [7, 11) is 3.17. The van der Waals surface area contributed by atoms with Crippen molar-refractivity contribution < 1.29 is 23.8 Å². The molecule has 1 amide bonds. The number of carbonyl (C=O) groups is 2. The Morgan fingerprint density at radius 3 is 2.51 bits per heavy atom. The molecular formula is C27H41ClN4O5. The van der Waals surface area contributed by atoms with Gasteiger partial charge in [0.05, 0.1) is 35.5 Å². The molecule has 1 unspecified atom stereocenters. The number of unbranched alkanes of at least 4 members (excludes halogenated alkanes) is 2. The highest BCUT2D eigenvalue weighted by Crippen LogP contribution is 2.30.